The zero-order valence-electron chi connectivity index (χ0n) is 11.7. The van der Waals surface area contributed by atoms with Crippen LogP contribution >= 0.6 is 0 Å². The summed E-state index contributed by atoms with van der Waals surface area (Å²) in [5.41, 5.74) is 0.941. The smallest absolute Gasteiger partial charge is 0.162 e. The van der Waals surface area contributed by atoms with Gasteiger partial charge in [0, 0.05) is 5.92 Å². The molecule has 0 aromatic heterocycles. The Labute approximate surface area is 115 Å². The number of Topliss-reactive ketones (excluding diaryl/α,β-unsaturated/α-hetero) is 1. The van der Waals surface area contributed by atoms with Gasteiger partial charge in [-0.15, -0.1) is 0 Å². The summed E-state index contributed by atoms with van der Waals surface area (Å²) in [6, 6.07) is 10.2. The Balaban J connectivity index is 1.94. The third-order valence-electron chi connectivity index (χ3n) is 4.88. The van der Waals surface area contributed by atoms with Gasteiger partial charge in [0.2, 0.25) is 0 Å². The van der Waals surface area contributed by atoms with E-state index in [0.717, 1.165) is 19.5 Å². The van der Waals surface area contributed by atoms with Crippen molar-refractivity contribution in [2.45, 2.75) is 31.7 Å². The third kappa shape index (κ3) is 1.56. The van der Waals surface area contributed by atoms with Crippen molar-refractivity contribution < 1.29 is 4.79 Å². The molecule has 2 aliphatic rings. The summed E-state index contributed by atoms with van der Waals surface area (Å²) in [5, 5.41) is 0. The zero-order valence-corrected chi connectivity index (χ0v) is 11.7. The fraction of sp³-hybridized carbons (Fsp3) is 0.471. The maximum atomic E-state index is 12.8. The Morgan fingerprint density at radius 3 is 2.53 bits per heavy atom. The van der Waals surface area contributed by atoms with Gasteiger partial charge in [-0.25, -0.2) is 0 Å². The summed E-state index contributed by atoms with van der Waals surface area (Å²) in [7, 11) is 0. The molecule has 2 nitrogen and oxygen atoms in total. The number of benzene rings is 1. The van der Waals surface area contributed by atoms with E-state index in [1.807, 2.05) is 18.2 Å². The zero-order chi connectivity index (χ0) is 13.5. The average Bonchev–Trinajstić information content (AvgIpc) is 2.82. The fourth-order valence-corrected chi connectivity index (χ4v) is 3.98. The quantitative estimate of drug-likeness (QED) is 0.771. The number of carbonyl (C=O) groups is 1. The lowest BCUT2D eigenvalue weighted by Crippen LogP contribution is -2.68. The number of hydrogen-bond donors (Lipinski definition) is 0. The van der Waals surface area contributed by atoms with Gasteiger partial charge in [0.1, 0.15) is 0 Å². The maximum Gasteiger partial charge on any atom is 0.162 e. The number of carbonyl (C=O) groups excluding carboxylic acids is 1. The molecule has 2 aliphatic carbocycles. The molecule has 3 rings (SSSR count). The van der Waals surface area contributed by atoms with E-state index in [9.17, 15) is 4.79 Å². The SMILES string of the molecule is CCN(CC)[C@]12CC=C[C@@H]1[C@H](c1ccccc1)C2=O. The van der Waals surface area contributed by atoms with E-state index in [2.05, 4.69) is 43.0 Å². The molecule has 100 valence electrons. The molecule has 0 unspecified atom stereocenters. The molecule has 0 radical (unpaired) electrons. The lowest BCUT2D eigenvalue weighted by atomic mass is 9.56. The highest BCUT2D eigenvalue weighted by atomic mass is 16.1. The molecule has 19 heavy (non-hydrogen) atoms. The van der Waals surface area contributed by atoms with Crippen molar-refractivity contribution >= 4 is 5.78 Å². The first-order valence-electron chi connectivity index (χ1n) is 7.26. The van der Waals surface area contributed by atoms with Gasteiger partial charge < -0.3 is 0 Å². The van der Waals surface area contributed by atoms with Crippen LogP contribution in [0.2, 0.25) is 0 Å². The van der Waals surface area contributed by atoms with E-state index < -0.39 is 0 Å². The second-order valence-electron chi connectivity index (χ2n) is 5.51. The Morgan fingerprint density at radius 1 is 1.21 bits per heavy atom. The molecule has 1 saturated carbocycles. The number of nitrogens with zero attached hydrogens (tertiary/aromatic N) is 1. The monoisotopic (exact) mass is 255 g/mol. The van der Waals surface area contributed by atoms with Crippen LogP contribution in [0.5, 0.6) is 0 Å². The van der Waals surface area contributed by atoms with Crippen molar-refractivity contribution in [3.63, 3.8) is 0 Å². The van der Waals surface area contributed by atoms with E-state index in [0.29, 0.717) is 11.7 Å². The Kier molecular flexibility index (Phi) is 3.06. The highest BCUT2D eigenvalue weighted by molar-refractivity contribution is 6.03. The molecule has 0 spiro atoms. The van der Waals surface area contributed by atoms with E-state index in [-0.39, 0.29) is 11.5 Å². The van der Waals surface area contributed by atoms with Gasteiger partial charge >= 0.3 is 0 Å². The van der Waals surface area contributed by atoms with Crippen molar-refractivity contribution in [3.8, 4) is 0 Å². The molecule has 1 aromatic carbocycles. The number of hydrogen-bond acceptors (Lipinski definition) is 2. The summed E-state index contributed by atoms with van der Waals surface area (Å²) < 4.78 is 0. The Bertz CT molecular complexity index is 503. The number of fused-ring (bicyclic) bond motifs is 1. The molecule has 0 N–H and O–H groups in total. The summed E-state index contributed by atoms with van der Waals surface area (Å²) in [6.07, 6.45) is 5.35. The van der Waals surface area contributed by atoms with Crippen LogP contribution in [0, 0.1) is 5.92 Å². The second-order valence-corrected chi connectivity index (χ2v) is 5.51. The largest absolute Gasteiger partial charge is 0.297 e. The van der Waals surface area contributed by atoms with Crippen molar-refractivity contribution in [2.24, 2.45) is 5.92 Å². The first-order valence-corrected chi connectivity index (χ1v) is 7.26. The molecule has 0 bridgehead atoms. The predicted octanol–water partition coefficient (Wildman–Crippen LogP) is 3.01. The predicted molar refractivity (Wildman–Crippen MR) is 77.1 cm³/mol. The van der Waals surface area contributed by atoms with Gasteiger partial charge in [0.15, 0.2) is 5.78 Å². The third-order valence-corrected chi connectivity index (χ3v) is 4.88. The van der Waals surface area contributed by atoms with Gasteiger partial charge in [-0.05, 0) is 25.1 Å². The van der Waals surface area contributed by atoms with Crippen molar-refractivity contribution in [1.29, 1.82) is 0 Å². The minimum absolute atomic E-state index is 0.0700. The van der Waals surface area contributed by atoms with Gasteiger partial charge in [0.25, 0.3) is 0 Å². The van der Waals surface area contributed by atoms with Crippen LogP contribution in [-0.2, 0) is 4.79 Å². The lowest BCUT2D eigenvalue weighted by molar-refractivity contribution is -0.150. The van der Waals surface area contributed by atoms with Crippen LogP contribution in [0.1, 0.15) is 31.7 Å². The van der Waals surface area contributed by atoms with Gasteiger partial charge in [0.05, 0.1) is 11.5 Å². The minimum Gasteiger partial charge on any atom is -0.297 e. The molecular formula is C17H21NO. The molecule has 0 aliphatic heterocycles. The first-order chi connectivity index (χ1) is 9.25. The number of likely N-dealkylation sites (N-methyl/N-ethyl adjacent to an activating group) is 1. The van der Waals surface area contributed by atoms with E-state index in [1.165, 1.54) is 5.56 Å². The molecule has 0 amide bonds. The van der Waals surface area contributed by atoms with Crippen molar-refractivity contribution in [2.75, 3.05) is 13.1 Å². The highest BCUT2D eigenvalue weighted by Crippen LogP contribution is 2.55. The van der Waals surface area contributed by atoms with Crippen LogP contribution in [-0.4, -0.2) is 29.3 Å². The Morgan fingerprint density at radius 2 is 1.89 bits per heavy atom. The molecular weight excluding hydrogens is 234 g/mol. The number of ketones is 1. The van der Waals surface area contributed by atoms with Gasteiger partial charge in [-0.2, -0.15) is 0 Å². The summed E-state index contributed by atoms with van der Waals surface area (Å²) in [4.78, 5) is 15.2. The molecule has 0 heterocycles. The molecule has 2 heteroatoms. The van der Waals surface area contributed by atoms with Crippen LogP contribution in [0.25, 0.3) is 0 Å². The van der Waals surface area contributed by atoms with E-state index >= 15 is 0 Å². The molecule has 0 saturated heterocycles. The summed E-state index contributed by atoms with van der Waals surface area (Å²) >= 11 is 0. The van der Waals surface area contributed by atoms with Gasteiger partial charge in [-0.1, -0.05) is 56.3 Å². The van der Waals surface area contributed by atoms with Gasteiger partial charge in [-0.3, -0.25) is 9.69 Å². The van der Waals surface area contributed by atoms with E-state index in [1.54, 1.807) is 0 Å². The standard InChI is InChI=1S/C17H21NO/c1-3-18(4-2)17-12-8-11-14(17)15(16(17)19)13-9-6-5-7-10-13/h5-11,14-15H,3-4,12H2,1-2H3/t14-,15+,17-/m1/s1. The highest BCUT2D eigenvalue weighted by Gasteiger charge is 2.64. The van der Waals surface area contributed by atoms with Crippen LogP contribution < -0.4 is 0 Å². The van der Waals surface area contributed by atoms with Crippen LogP contribution in [0.15, 0.2) is 42.5 Å². The normalized spacial score (nSPS) is 32.5. The molecule has 1 fully saturated rings. The first kappa shape index (κ1) is 12.6. The van der Waals surface area contributed by atoms with E-state index in [4.69, 9.17) is 0 Å². The number of rotatable bonds is 4. The Hall–Kier alpha value is -1.41. The second kappa shape index (κ2) is 4.61. The fourth-order valence-electron chi connectivity index (χ4n) is 3.98. The van der Waals surface area contributed by atoms with Crippen molar-refractivity contribution in [1.82, 2.24) is 4.90 Å². The van der Waals surface area contributed by atoms with Crippen molar-refractivity contribution in [3.05, 3.63) is 48.0 Å². The summed E-state index contributed by atoms with van der Waals surface area (Å²) in [6.45, 7) is 6.19. The summed E-state index contributed by atoms with van der Waals surface area (Å²) in [5.74, 6) is 0.847. The molecule has 1 aromatic rings. The van der Waals surface area contributed by atoms with Crippen LogP contribution in [0.3, 0.4) is 0 Å². The lowest BCUT2D eigenvalue weighted by Gasteiger charge is -2.55. The topological polar surface area (TPSA) is 20.3 Å². The molecule has 3 atom stereocenters. The van der Waals surface area contributed by atoms with Crippen LogP contribution in [0.4, 0.5) is 0 Å². The average molecular weight is 255 g/mol. The maximum absolute atomic E-state index is 12.8. The minimum atomic E-state index is -0.232.